The van der Waals surface area contributed by atoms with E-state index in [4.69, 9.17) is 13.6 Å². The summed E-state index contributed by atoms with van der Waals surface area (Å²) in [5, 5.41) is 10.9. The molecule has 0 saturated carbocycles. The number of ketones is 1. The number of carbonyl (C=O) groups excluding carboxylic acids is 2. The zero-order valence-electron chi connectivity index (χ0n) is 16.2. The number of aliphatic hydroxyl groups excluding tert-OH is 1. The lowest BCUT2D eigenvalue weighted by molar-refractivity contribution is -0.140. The van der Waals surface area contributed by atoms with E-state index in [2.05, 4.69) is 0 Å². The van der Waals surface area contributed by atoms with E-state index in [9.17, 15) is 19.1 Å². The quantitative estimate of drug-likeness (QED) is 0.388. The molecule has 4 rings (SSSR count). The van der Waals surface area contributed by atoms with Crippen LogP contribution >= 0.6 is 0 Å². The lowest BCUT2D eigenvalue weighted by Crippen LogP contribution is -2.28. The number of halogens is 1. The molecule has 0 aliphatic carbocycles. The maximum Gasteiger partial charge on any atom is 0.296 e. The second-order valence-electron chi connectivity index (χ2n) is 6.80. The van der Waals surface area contributed by atoms with Gasteiger partial charge in [0.1, 0.15) is 29.1 Å². The van der Waals surface area contributed by atoms with Gasteiger partial charge in [0.2, 0.25) is 0 Å². The summed E-state index contributed by atoms with van der Waals surface area (Å²) in [4.78, 5) is 26.9. The fraction of sp³-hybridized carbons (Fsp3) is 0.182. The van der Waals surface area contributed by atoms with E-state index in [-0.39, 0.29) is 23.4 Å². The molecule has 30 heavy (non-hydrogen) atoms. The molecule has 154 valence electrons. The second kappa shape index (κ2) is 7.55. The Balaban J connectivity index is 1.85. The number of ether oxygens (including phenoxy) is 1. The Bertz CT molecular complexity index is 1140. The van der Waals surface area contributed by atoms with Crippen LogP contribution in [0.3, 0.4) is 0 Å². The summed E-state index contributed by atoms with van der Waals surface area (Å²) >= 11 is 0. The van der Waals surface area contributed by atoms with Crippen molar-refractivity contribution >= 4 is 17.4 Å². The third-order valence-corrected chi connectivity index (χ3v) is 4.90. The number of methoxy groups -OCH3 is 1. The highest BCUT2D eigenvalue weighted by Gasteiger charge is 2.47. The highest BCUT2D eigenvalue weighted by atomic mass is 19.1. The first-order chi connectivity index (χ1) is 14.4. The Kier molecular flexibility index (Phi) is 4.91. The number of Topliss-reactive ketones (excluding diaryl/α,β-unsaturated/α-hetero) is 1. The first kappa shape index (κ1) is 19.5. The molecule has 1 amide bonds. The average molecular weight is 411 g/mol. The predicted molar refractivity (Wildman–Crippen MR) is 103 cm³/mol. The Morgan fingerprint density at radius 1 is 1.23 bits per heavy atom. The summed E-state index contributed by atoms with van der Waals surface area (Å²) in [5.41, 5.74) is -0.150. The number of furan rings is 2. The number of aliphatic hydroxyl groups is 1. The molecule has 1 saturated heterocycles. The standard InChI is InChI=1S/C22H18FNO6/c1-12-5-7-17(30-12)19-18(20(25)13-6-8-16(28-2)15(23)10-13)21(26)22(27)24(19)11-14-4-3-9-29-14/h3-10,19,25H,11H2,1-2H3. The maximum atomic E-state index is 14.2. The third kappa shape index (κ3) is 3.26. The lowest BCUT2D eigenvalue weighted by atomic mass is 9.99. The zero-order chi connectivity index (χ0) is 21.4. The SMILES string of the molecule is COc1ccc(C(O)=C2C(=O)C(=O)N(Cc3ccco3)C2c2ccc(C)o2)cc1F. The first-order valence-corrected chi connectivity index (χ1v) is 9.11. The van der Waals surface area contributed by atoms with Crippen molar-refractivity contribution in [1.82, 2.24) is 4.90 Å². The summed E-state index contributed by atoms with van der Waals surface area (Å²) in [6.07, 6.45) is 1.46. The third-order valence-electron chi connectivity index (χ3n) is 4.90. The molecule has 7 nitrogen and oxygen atoms in total. The minimum Gasteiger partial charge on any atom is -0.507 e. The van der Waals surface area contributed by atoms with Crippen LogP contribution in [0.4, 0.5) is 4.39 Å². The van der Waals surface area contributed by atoms with E-state index < -0.39 is 29.3 Å². The van der Waals surface area contributed by atoms with Gasteiger partial charge in [0, 0.05) is 5.56 Å². The maximum absolute atomic E-state index is 14.2. The molecule has 1 fully saturated rings. The van der Waals surface area contributed by atoms with Gasteiger partial charge >= 0.3 is 0 Å². The van der Waals surface area contributed by atoms with Crippen molar-refractivity contribution < 1.29 is 32.7 Å². The molecule has 0 radical (unpaired) electrons. The van der Waals surface area contributed by atoms with Gasteiger partial charge in [0.15, 0.2) is 11.6 Å². The van der Waals surface area contributed by atoms with Crippen LogP contribution in [-0.4, -0.2) is 28.8 Å². The molecule has 0 spiro atoms. The number of hydrogen-bond donors (Lipinski definition) is 1. The van der Waals surface area contributed by atoms with Gasteiger partial charge in [-0.1, -0.05) is 0 Å². The van der Waals surface area contributed by atoms with Gasteiger partial charge in [-0.15, -0.1) is 0 Å². The van der Waals surface area contributed by atoms with Gasteiger partial charge < -0.3 is 23.6 Å². The predicted octanol–water partition coefficient (Wildman–Crippen LogP) is 3.95. The Hall–Kier alpha value is -3.81. The van der Waals surface area contributed by atoms with Crippen molar-refractivity contribution in [2.24, 2.45) is 0 Å². The molecule has 1 atom stereocenters. The van der Waals surface area contributed by atoms with Crippen LogP contribution in [-0.2, 0) is 16.1 Å². The van der Waals surface area contributed by atoms with Crippen LogP contribution in [0.15, 0.2) is 63.1 Å². The van der Waals surface area contributed by atoms with Crippen LogP contribution in [0, 0.1) is 12.7 Å². The van der Waals surface area contributed by atoms with Crippen LogP contribution in [0.25, 0.3) is 5.76 Å². The molecule has 1 aromatic carbocycles. The van der Waals surface area contributed by atoms with Crippen molar-refractivity contribution in [3.63, 3.8) is 0 Å². The summed E-state index contributed by atoms with van der Waals surface area (Å²) in [7, 11) is 1.32. The normalized spacial score (nSPS) is 18.2. The molecule has 1 N–H and O–H groups in total. The minimum absolute atomic E-state index is 0.00422. The number of nitrogens with zero attached hydrogens (tertiary/aromatic N) is 1. The van der Waals surface area contributed by atoms with Gasteiger partial charge in [-0.3, -0.25) is 9.59 Å². The molecule has 8 heteroatoms. The van der Waals surface area contributed by atoms with Gasteiger partial charge in [0.05, 0.1) is 25.5 Å². The minimum atomic E-state index is -0.992. The monoisotopic (exact) mass is 411 g/mol. The van der Waals surface area contributed by atoms with E-state index in [1.54, 1.807) is 31.2 Å². The van der Waals surface area contributed by atoms with E-state index in [0.29, 0.717) is 17.3 Å². The van der Waals surface area contributed by atoms with Crippen molar-refractivity contribution in [1.29, 1.82) is 0 Å². The molecule has 1 aliphatic heterocycles. The number of aryl methyl sites for hydroxylation is 1. The molecule has 0 bridgehead atoms. The number of hydrogen-bond acceptors (Lipinski definition) is 6. The summed E-state index contributed by atoms with van der Waals surface area (Å²) in [5.74, 6) is -1.61. The van der Waals surface area contributed by atoms with Gasteiger partial charge in [-0.05, 0) is 49.4 Å². The van der Waals surface area contributed by atoms with E-state index >= 15 is 0 Å². The fourth-order valence-electron chi connectivity index (χ4n) is 3.48. The number of rotatable bonds is 5. The van der Waals surface area contributed by atoms with Crippen LogP contribution in [0.2, 0.25) is 0 Å². The van der Waals surface area contributed by atoms with Gasteiger partial charge in [0.25, 0.3) is 11.7 Å². The molecule has 3 heterocycles. The molecule has 1 unspecified atom stereocenters. The Morgan fingerprint density at radius 3 is 2.63 bits per heavy atom. The van der Waals surface area contributed by atoms with Gasteiger partial charge in [-0.25, -0.2) is 4.39 Å². The Labute approximate surface area is 171 Å². The molecule has 1 aliphatic rings. The van der Waals surface area contributed by atoms with Crippen molar-refractivity contribution in [2.45, 2.75) is 19.5 Å². The molecular weight excluding hydrogens is 393 g/mol. The van der Waals surface area contributed by atoms with Crippen molar-refractivity contribution in [2.75, 3.05) is 7.11 Å². The average Bonchev–Trinajstić information content (AvgIpc) is 3.45. The second-order valence-corrected chi connectivity index (χ2v) is 6.80. The van der Waals surface area contributed by atoms with Crippen molar-refractivity contribution in [3.8, 4) is 5.75 Å². The van der Waals surface area contributed by atoms with Crippen LogP contribution in [0.1, 0.15) is 28.9 Å². The van der Waals surface area contributed by atoms with E-state index in [1.807, 2.05) is 0 Å². The van der Waals surface area contributed by atoms with Crippen LogP contribution < -0.4 is 4.74 Å². The summed E-state index contributed by atoms with van der Waals surface area (Å²) < 4.78 is 30.0. The first-order valence-electron chi connectivity index (χ1n) is 9.11. The molecule has 2 aromatic heterocycles. The van der Waals surface area contributed by atoms with E-state index in [1.165, 1.54) is 30.4 Å². The molecule has 3 aromatic rings. The number of benzene rings is 1. The number of amides is 1. The molecular formula is C22H18FNO6. The summed E-state index contributed by atoms with van der Waals surface area (Å²) in [6, 6.07) is 9.43. The Morgan fingerprint density at radius 2 is 2.03 bits per heavy atom. The fourth-order valence-corrected chi connectivity index (χ4v) is 3.48. The largest absolute Gasteiger partial charge is 0.507 e. The lowest BCUT2D eigenvalue weighted by Gasteiger charge is -2.22. The number of carbonyl (C=O) groups is 2. The summed E-state index contributed by atoms with van der Waals surface area (Å²) in [6.45, 7) is 1.72. The highest BCUT2D eigenvalue weighted by molar-refractivity contribution is 6.46. The van der Waals surface area contributed by atoms with Crippen LogP contribution in [0.5, 0.6) is 5.75 Å². The zero-order valence-corrected chi connectivity index (χ0v) is 16.2. The topological polar surface area (TPSA) is 93.1 Å². The van der Waals surface area contributed by atoms with E-state index in [0.717, 1.165) is 6.07 Å². The smallest absolute Gasteiger partial charge is 0.296 e. The van der Waals surface area contributed by atoms with Gasteiger partial charge in [-0.2, -0.15) is 0 Å². The van der Waals surface area contributed by atoms with Crippen molar-refractivity contribution in [3.05, 3.63) is 83.0 Å². The number of likely N-dealkylation sites (tertiary alicyclic amines) is 1. The highest BCUT2D eigenvalue weighted by Crippen LogP contribution is 2.41.